The minimum atomic E-state index is -1.07. The van der Waals surface area contributed by atoms with Crippen molar-refractivity contribution in [2.45, 2.75) is 57.2 Å². The number of hydrogen-bond acceptors (Lipinski definition) is 6. The first-order chi connectivity index (χ1) is 18.1. The molecule has 0 aromatic heterocycles. The monoisotopic (exact) mass is 502 g/mol. The van der Waals surface area contributed by atoms with Crippen molar-refractivity contribution in [3.05, 3.63) is 94.5 Å². The number of aryl methyl sites for hydroxylation is 1. The average Bonchev–Trinajstić information content (AvgIpc) is 2.96. The van der Waals surface area contributed by atoms with Crippen LogP contribution in [0.2, 0.25) is 0 Å². The minimum absolute atomic E-state index is 0.184. The summed E-state index contributed by atoms with van der Waals surface area (Å²) < 4.78 is 30.1. The van der Waals surface area contributed by atoms with Crippen LogP contribution in [0, 0.1) is 0 Å². The van der Waals surface area contributed by atoms with E-state index in [1.165, 1.54) is 11.1 Å². The number of carbonyl (C=O) groups is 1. The zero-order valence-electron chi connectivity index (χ0n) is 21.5. The highest BCUT2D eigenvalue weighted by atomic mass is 16.7. The van der Waals surface area contributed by atoms with Crippen LogP contribution in [-0.4, -0.2) is 38.8 Å². The molecule has 6 nitrogen and oxygen atoms in total. The lowest BCUT2D eigenvalue weighted by Crippen LogP contribution is -2.46. The first-order valence-corrected chi connectivity index (χ1v) is 13.0. The fraction of sp³-hybridized carbons (Fsp3) is 0.387. The molecular formula is C31H34O6. The maximum absolute atomic E-state index is 11.9. The lowest BCUT2D eigenvalue weighted by molar-refractivity contribution is -0.291. The van der Waals surface area contributed by atoms with Gasteiger partial charge in [0.2, 0.25) is 0 Å². The van der Waals surface area contributed by atoms with Gasteiger partial charge in [0.15, 0.2) is 17.3 Å². The van der Waals surface area contributed by atoms with Gasteiger partial charge in [-0.3, -0.25) is 0 Å². The molecule has 2 aliphatic rings. The number of rotatable bonds is 9. The number of benzene rings is 3. The molecule has 1 saturated heterocycles. The van der Waals surface area contributed by atoms with Crippen LogP contribution in [0.25, 0.3) is 0 Å². The largest absolute Gasteiger partial charge is 0.486 e. The summed E-state index contributed by atoms with van der Waals surface area (Å²) in [6.45, 7) is 3.76. The Hall–Kier alpha value is -3.19. The molecule has 2 heterocycles. The molecule has 0 aliphatic carbocycles. The van der Waals surface area contributed by atoms with Gasteiger partial charge in [-0.25, -0.2) is 0 Å². The van der Waals surface area contributed by atoms with Gasteiger partial charge in [-0.05, 0) is 53.3 Å². The van der Waals surface area contributed by atoms with Crippen LogP contribution in [-0.2, 0) is 44.2 Å². The molecule has 1 fully saturated rings. The summed E-state index contributed by atoms with van der Waals surface area (Å²) in [6.07, 6.45) is 2.69. The molecule has 0 spiro atoms. The number of carbonyl (C=O) groups excluding carboxylic acids is 1. The molecule has 0 saturated carbocycles. The lowest BCUT2D eigenvalue weighted by atomic mass is 9.88. The summed E-state index contributed by atoms with van der Waals surface area (Å²) in [7, 11) is 1.63. The van der Waals surface area contributed by atoms with E-state index in [-0.39, 0.29) is 6.10 Å². The lowest BCUT2D eigenvalue weighted by Gasteiger charge is -2.42. The van der Waals surface area contributed by atoms with Crippen molar-refractivity contribution in [1.82, 2.24) is 0 Å². The minimum Gasteiger partial charge on any atom is -0.486 e. The Morgan fingerprint density at radius 3 is 2.51 bits per heavy atom. The number of hydrogen-bond donors (Lipinski definition) is 0. The SMILES string of the molecule is CCc1ccc(C2(OC)CC(OCc3ccccc3)CC(C=O)O2)cc1Cc1ccc2c(c1)OCCO2. The fourth-order valence-electron chi connectivity index (χ4n) is 5.21. The van der Waals surface area contributed by atoms with E-state index in [1.54, 1.807) is 7.11 Å². The highest BCUT2D eigenvalue weighted by Crippen LogP contribution is 2.41. The van der Waals surface area contributed by atoms with Gasteiger partial charge < -0.3 is 28.5 Å². The predicted octanol–water partition coefficient (Wildman–Crippen LogP) is 5.37. The van der Waals surface area contributed by atoms with Gasteiger partial charge in [-0.15, -0.1) is 0 Å². The number of ether oxygens (including phenoxy) is 5. The van der Waals surface area contributed by atoms with Crippen LogP contribution in [0.3, 0.4) is 0 Å². The Labute approximate surface area is 218 Å². The Bertz CT molecular complexity index is 1210. The Morgan fingerprint density at radius 1 is 0.946 bits per heavy atom. The summed E-state index contributed by atoms with van der Waals surface area (Å²) in [5.74, 6) is 0.503. The molecule has 2 aliphatic heterocycles. The first-order valence-electron chi connectivity index (χ1n) is 13.0. The average molecular weight is 503 g/mol. The van der Waals surface area contributed by atoms with Crippen molar-refractivity contribution < 1.29 is 28.5 Å². The van der Waals surface area contributed by atoms with Crippen LogP contribution >= 0.6 is 0 Å². The van der Waals surface area contributed by atoms with Crippen molar-refractivity contribution in [3.8, 4) is 11.5 Å². The van der Waals surface area contributed by atoms with Crippen molar-refractivity contribution >= 4 is 6.29 Å². The van der Waals surface area contributed by atoms with Gasteiger partial charge in [-0.2, -0.15) is 0 Å². The zero-order chi connectivity index (χ0) is 25.7. The van der Waals surface area contributed by atoms with Crippen LogP contribution in [0.5, 0.6) is 11.5 Å². The molecule has 0 N–H and O–H groups in total. The normalized spacial score (nSPS) is 23.0. The van der Waals surface area contributed by atoms with Gasteiger partial charge in [0.1, 0.15) is 25.6 Å². The maximum atomic E-state index is 11.9. The highest BCUT2D eigenvalue weighted by molar-refractivity contribution is 5.56. The first kappa shape index (κ1) is 25.5. The molecule has 37 heavy (non-hydrogen) atoms. The Kier molecular flexibility index (Phi) is 7.89. The summed E-state index contributed by atoms with van der Waals surface area (Å²) in [6, 6.07) is 22.5. The molecule has 6 heteroatoms. The highest BCUT2D eigenvalue weighted by Gasteiger charge is 2.44. The summed E-state index contributed by atoms with van der Waals surface area (Å²) in [4.78, 5) is 11.9. The summed E-state index contributed by atoms with van der Waals surface area (Å²) in [5.41, 5.74) is 5.56. The van der Waals surface area contributed by atoms with E-state index in [1.807, 2.05) is 36.4 Å². The second kappa shape index (κ2) is 11.5. The van der Waals surface area contributed by atoms with Crippen molar-refractivity contribution in [3.63, 3.8) is 0 Å². The molecule has 0 radical (unpaired) electrons. The topological polar surface area (TPSA) is 63.2 Å². The van der Waals surface area contributed by atoms with Gasteiger partial charge >= 0.3 is 0 Å². The third kappa shape index (κ3) is 5.72. The number of fused-ring (bicyclic) bond motifs is 1. The van der Waals surface area contributed by atoms with Gasteiger partial charge in [0.05, 0.1) is 12.7 Å². The van der Waals surface area contributed by atoms with Crippen molar-refractivity contribution in [2.24, 2.45) is 0 Å². The molecule has 5 rings (SSSR count). The van der Waals surface area contributed by atoms with E-state index in [9.17, 15) is 4.79 Å². The van der Waals surface area contributed by atoms with Crippen LogP contribution in [0.4, 0.5) is 0 Å². The zero-order valence-corrected chi connectivity index (χ0v) is 21.5. The summed E-state index contributed by atoms with van der Waals surface area (Å²) in [5, 5.41) is 0. The third-order valence-corrected chi connectivity index (χ3v) is 7.17. The number of methoxy groups -OCH3 is 1. The van der Waals surface area contributed by atoms with Gasteiger partial charge in [0, 0.05) is 25.5 Å². The van der Waals surface area contributed by atoms with E-state index < -0.39 is 11.9 Å². The van der Waals surface area contributed by atoms with Crippen molar-refractivity contribution in [2.75, 3.05) is 20.3 Å². The van der Waals surface area contributed by atoms with Crippen LogP contribution in [0.1, 0.15) is 47.6 Å². The van der Waals surface area contributed by atoms with Crippen molar-refractivity contribution in [1.29, 1.82) is 0 Å². The predicted molar refractivity (Wildman–Crippen MR) is 140 cm³/mol. The van der Waals surface area contributed by atoms with Gasteiger partial charge in [-0.1, -0.05) is 55.5 Å². The standard InChI is InChI=1S/C31H34O6/c1-3-24-10-11-26(17-25(24)15-23-9-12-29-30(16-23)35-14-13-34-29)31(33-2)19-27(18-28(20-32)37-31)36-21-22-7-5-4-6-8-22/h4-12,16-17,20,27-28H,3,13-15,18-19,21H2,1-2H3. The van der Waals surface area contributed by atoms with Crippen LogP contribution in [0.15, 0.2) is 66.7 Å². The molecule has 194 valence electrons. The smallest absolute Gasteiger partial charge is 0.197 e. The molecule has 3 aromatic carbocycles. The van der Waals surface area contributed by atoms with E-state index in [0.29, 0.717) is 32.7 Å². The van der Waals surface area contributed by atoms with Crippen LogP contribution < -0.4 is 9.47 Å². The van der Waals surface area contributed by atoms with E-state index in [2.05, 4.69) is 37.3 Å². The molecule has 0 bridgehead atoms. The second-order valence-corrected chi connectivity index (χ2v) is 9.60. The van der Waals surface area contributed by atoms with E-state index in [4.69, 9.17) is 23.7 Å². The third-order valence-electron chi connectivity index (χ3n) is 7.17. The molecule has 3 aromatic rings. The second-order valence-electron chi connectivity index (χ2n) is 9.60. The molecular weight excluding hydrogens is 468 g/mol. The molecule has 3 atom stereocenters. The van der Waals surface area contributed by atoms with Gasteiger partial charge in [0.25, 0.3) is 0 Å². The maximum Gasteiger partial charge on any atom is 0.197 e. The Morgan fingerprint density at radius 2 is 1.76 bits per heavy atom. The molecule has 0 amide bonds. The van der Waals surface area contributed by atoms with E-state index >= 15 is 0 Å². The number of aldehydes is 1. The Balaban J connectivity index is 1.41. The summed E-state index contributed by atoms with van der Waals surface area (Å²) >= 11 is 0. The fourth-order valence-corrected chi connectivity index (χ4v) is 5.21. The quantitative estimate of drug-likeness (QED) is 0.367. The molecule has 3 unspecified atom stereocenters. The van der Waals surface area contributed by atoms with E-state index in [0.717, 1.165) is 47.3 Å².